The number of benzene rings is 1. The lowest BCUT2D eigenvalue weighted by Gasteiger charge is -2.16. The van der Waals surface area contributed by atoms with E-state index in [-0.39, 0.29) is 12.1 Å². The lowest BCUT2D eigenvalue weighted by atomic mass is 10.2. The van der Waals surface area contributed by atoms with Crippen molar-refractivity contribution in [1.29, 1.82) is 0 Å². The normalized spacial score (nSPS) is 18.3. The van der Waals surface area contributed by atoms with Crippen LogP contribution in [0.2, 0.25) is 0 Å². The summed E-state index contributed by atoms with van der Waals surface area (Å²) in [6, 6.07) is 8.71. The molecule has 0 radical (unpaired) electrons. The van der Waals surface area contributed by atoms with Gasteiger partial charge in [0.15, 0.2) is 0 Å². The molecular formula is C15H23N3OS. The molecule has 0 aromatic heterocycles. The van der Waals surface area contributed by atoms with Crippen molar-refractivity contribution in [1.82, 2.24) is 10.2 Å². The van der Waals surface area contributed by atoms with Crippen LogP contribution in [0.3, 0.4) is 0 Å². The van der Waals surface area contributed by atoms with Crippen LogP contribution in [0, 0.1) is 6.92 Å². The fourth-order valence-electron chi connectivity index (χ4n) is 2.18. The van der Waals surface area contributed by atoms with E-state index in [2.05, 4.69) is 36.5 Å². The molecule has 1 aromatic carbocycles. The van der Waals surface area contributed by atoms with E-state index >= 15 is 0 Å². The van der Waals surface area contributed by atoms with E-state index in [1.54, 1.807) is 4.90 Å². The van der Waals surface area contributed by atoms with Gasteiger partial charge in [0.25, 0.3) is 0 Å². The van der Waals surface area contributed by atoms with Crippen LogP contribution in [0.25, 0.3) is 0 Å². The molecule has 3 N–H and O–H groups in total. The van der Waals surface area contributed by atoms with Gasteiger partial charge in [-0.3, -0.25) is 0 Å². The first-order valence-corrected chi connectivity index (χ1v) is 8.11. The molecule has 1 aromatic rings. The maximum atomic E-state index is 11.8. The van der Waals surface area contributed by atoms with Gasteiger partial charge in [-0.15, -0.1) is 11.8 Å². The molecule has 2 amide bonds. The largest absolute Gasteiger partial charge is 0.338 e. The number of carbonyl (C=O) groups is 1. The highest BCUT2D eigenvalue weighted by Gasteiger charge is 2.22. The summed E-state index contributed by atoms with van der Waals surface area (Å²) in [6.45, 7) is 4.28. The van der Waals surface area contributed by atoms with E-state index in [4.69, 9.17) is 5.73 Å². The first kappa shape index (κ1) is 15.2. The molecule has 2 rings (SSSR count). The van der Waals surface area contributed by atoms with Crippen molar-refractivity contribution < 1.29 is 4.79 Å². The molecule has 1 unspecified atom stereocenters. The number of hydrogen-bond donors (Lipinski definition) is 2. The molecule has 1 atom stereocenters. The number of nitrogens with two attached hydrogens (primary N) is 1. The Balaban J connectivity index is 1.57. The van der Waals surface area contributed by atoms with Gasteiger partial charge < -0.3 is 16.0 Å². The average Bonchev–Trinajstić information content (AvgIpc) is 2.87. The van der Waals surface area contributed by atoms with Gasteiger partial charge in [-0.1, -0.05) is 17.7 Å². The third-order valence-corrected chi connectivity index (χ3v) is 4.50. The Morgan fingerprint density at radius 2 is 2.20 bits per heavy atom. The Labute approximate surface area is 125 Å². The van der Waals surface area contributed by atoms with Crippen LogP contribution in [0.15, 0.2) is 29.2 Å². The van der Waals surface area contributed by atoms with Crippen LogP contribution >= 0.6 is 11.8 Å². The van der Waals surface area contributed by atoms with Crippen LogP contribution in [0.1, 0.15) is 18.4 Å². The van der Waals surface area contributed by atoms with Crippen LogP contribution < -0.4 is 11.1 Å². The zero-order valence-corrected chi connectivity index (χ0v) is 12.8. The van der Waals surface area contributed by atoms with Crippen molar-refractivity contribution in [3.8, 4) is 0 Å². The Kier molecular flexibility index (Phi) is 5.73. The van der Waals surface area contributed by atoms with Gasteiger partial charge in [0.1, 0.15) is 0 Å². The van der Waals surface area contributed by atoms with Gasteiger partial charge in [-0.05, 0) is 37.7 Å². The number of likely N-dealkylation sites (tertiary alicyclic amines) is 1. The quantitative estimate of drug-likeness (QED) is 0.646. The van der Waals surface area contributed by atoms with Gasteiger partial charge in [0.05, 0.1) is 0 Å². The molecule has 110 valence electrons. The first-order valence-electron chi connectivity index (χ1n) is 7.13. The molecule has 1 saturated heterocycles. The molecule has 0 bridgehead atoms. The molecule has 0 saturated carbocycles. The van der Waals surface area contributed by atoms with E-state index in [1.807, 2.05) is 11.8 Å². The standard InChI is InChI=1S/C15H23N3OS/c1-12-3-5-14(6-4-12)20-10-2-8-17-15(19)18-9-7-13(16)11-18/h3-6,13H,2,7-11,16H2,1H3,(H,17,19). The number of aryl methyl sites for hydroxylation is 1. The summed E-state index contributed by atoms with van der Waals surface area (Å²) in [6.07, 6.45) is 1.89. The maximum absolute atomic E-state index is 11.8. The minimum atomic E-state index is 0.0262. The van der Waals surface area contributed by atoms with Crippen LogP contribution in [-0.2, 0) is 0 Å². The third kappa shape index (κ3) is 4.72. The lowest BCUT2D eigenvalue weighted by molar-refractivity contribution is 0.208. The number of hydrogen-bond acceptors (Lipinski definition) is 3. The summed E-state index contributed by atoms with van der Waals surface area (Å²) in [7, 11) is 0. The van der Waals surface area contributed by atoms with E-state index in [0.717, 1.165) is 31.7 Å². The van der Waals surface area contributed by atoms with Crippen molar-refractivity contribution >= 4 is 17.8 Å². The SMILES string of the molecule is Cc1ccc(SCCCNC(=O)N2CCC(N)C2)cc1. The molecule has 1 fully saturated rings. The van der Waals surface area contributed by atoms with Crippen molar-refractivity contribution in [2.24, 2.45) is 5.73 Å². The van der Waals surface area contributed by atoms with E-state index < -0.39 is 0 Å². The Bertz CT molecular complexity index is 435. The average molecular weight is 293 g/mol. The van der Waals surface area contributed by atoms with Crippen LogP contribution in [-0.4, -0.2) is 42.4 Å². The fraction of sp³-hybridized carbons (Fsp3) is 0.533. The summed E-state index contributed by atoms with van der Waals surface area (Å²) >= 11 is 1.83. The summed E-state index contributed by atoms with van der Waals surface area (Å²) in [4.78, 5) is 14.9. The minimum absolute atomic E-state index is 0.0262. The fourth-order valence-corrected chi connectivity index (χ4v) is 3.03. The smallest absolute Gasteiger partial charge is 0.317 e. The number of carbonyl (C=O) groups excluding carboxylic acids is 1. The van der Waals surface area contributed by atoms with Crippen molar-refractivity contribution in [2.45, 2.75) is 30.7 Å². The van der Waals surface area contributed by atoms with Gasteiger partial charge in [0, 0.05) is 30.6 Å². The first-order chi connectivity index (χ1) is 9.65. The molecule has 0 aliphatic carbocycles. The molecular weight excluding hydrogens is 270 g/mol. The monoisotopic (exact) mass is 293 g/mol. The highest BCUT2D eigenvalue weighted by Crippen LogP contribution is 2.18. The summed E-state index contributed by atoms with van der Waals surface area (Å²) < 4.78 is 0. The highest BCUT2D eigenvalue weighted by molar-refractivity contribution is 7.99. The Morgan fingerprint density at radius 1 is 1.45 bits per heavy atom. The minimum Gasteiger partial charge on any atom is -0.338 e. The van der Waals surface area contributed by atoms with Gasteiger partial charge in [-0.2, -0.15) is 0 Å². The number of urea groups is 1. The maximum Gasteiger partial charge on any atom is 0.317 e. The number of nitrogens with one attached hydrogen (secondary N) is 1. The molecule has 1 heterocycles. The third-order valence-electron chi connectivity index (χ3n) is 3.40. The predicted octanol–water partition coefficient (Wildman–Crippen LogP) is 2.22. The van der Waals surface area contributed by atoms with Crippen LogP contribution in [0.4, 0.5) is 4.79 Å². The molecule has 0 spiro atoms. The predicted molar refractivity (Wildman–Crippen MR) is 84.1 cm³/mol. The topological polar surface area (TPSA) is 58.4 Å². The summed E-state index contributed by atoms with van der Waals surface area (Å²) in [5.74, 6) is 1.02. The Hall–Kier alpha value is -1.20. The number of rotatable bonds is 5. The molecule has 4 nitrogen and oxygen atoms in total. The summed E-state index contributed by atoms with van der Waals surface area (Å²) in [5.41, 5.74) is 7.07. The van der Waals surface area contributed by atoms with Gasteiger partial charge in [0.2, 0.25) is 0 Å². The van der Waals surface area contributed by atoms with Crippen molar-refractivity contribution in [2.75, 3.05) is 25.4 Å². The lowest BCUT2D eigenvalue weighted by Crippen LogP contribution is -2.40. The number of amides is 2. The van der Waals surface area contributed by atoms with Gasteiger partial charge >= 0.3 is 6.03 Å². The second-order valence-corrected chi connectivity index (χ2v) is 6.41. The van der Waals surface area contributed by atoms with Crippen molar-refractivity contribution in [3.63, 3.8) is 0 Å². The van der Waals surface area contributed by atoms with E-state index in [0.29, 0.717) is 6.54 Å². The van der Waals surface area contributed by atoms with Crippen molar-refractivity contribution in [3.05, 3.63) is 29.8 Å². The molecule has 1 aliphatic heterocycles. The number of nitrogens with zero attached hydrogens (tertiary/aromatic N) is 1. The zero-order chi connectivity index (χ0) is 14.4. The van der Waals surface area contributed by atoms with E-state index in [9.17, 15) is 4.79 Å². The number of thioether (sulfide) groups is 1. The zero-order valence-electron chi connectivity index (χ0n) is 12.0. The van der Waals surface area contributed by atoms with Gasteiger partial charge in [-0.25, -0.2) is 4.79 Å². The molecule has 5 heteroatoms. The second kappa shape index (κ2) is 7.55. The highest BCUT2D eigenvalue weighted by atomic mass is 32.2. The molecule has 20 heavy (non-hydrogen) atoms. The molecule has 1 aliphatic rings. The second-order valence-electron chi connectivity index (χ2n) is 5.24. The van der Waals surface area contributed by atoms with Crippen LogP contribution in [0.5, 0.6) is 0 Å². The summed E-state index contributed by atoms with van der Waals surface area (Å²) in [5, 5.41) is 2.96. The Morgan fingerprint density at radius 3 is 2.85 bits per heavy atom. The van der Waals surface area contributed by atoms with E-state index in [1.165, 1.54) is 10.5 Å².